The van der Waals surface area contributed by atoms with Gasteiger partial charge in [-0.3, -0.25) is 20.2 Å². The van der Waals surface area contributed by atoms with Gasteiger partial charge in [-0.05, 0) is 41.2 Å². The molecule has 0 aliphatic heterocycles. The lowest BCUT2D eigenvalue weighted by molar-refractivity contribution is -0.385. The van der Waals surface area contributed by atoms with Gasteiger partial charge in [0, 0.05) is 37.3 Å². The lowest BCUT2D eigenvalue weighted by atomic mass is 9.61. The summed E-state index contributed by atoms with van der Waals surface area (Å²) in [7, 11) is 1.58. The number of fused-ring (bicyclic) bond motifs is 1. The summed E-state index contributed by atoms with van der Waals surface area (Å²) in [4.78, 5) is 21.4. The summed E-state index contributed by atoms with van der Waals surface area (Å²) in [5, 5.41) is 22.2. The van der Waals surface area contributed by atoms with Crippen molar-refractivity contribution in [1.82, 2.24) is 0 Å². The molecule has 2 unspecified atom stereocenters. The van der Waals surface area contributed by atoms with Crippen molar-refractivity contribution < 1.29 is 14.6 Å². The van der Waals surface area contributed by atoms with E-state index in [-0.39, 0.29) is 17.3 Å². The summed E-state index contributed by atoms with van der Waals surface area (Å²) in [6, 6.07) is 9.63. The van der Waals surface area contributed by atoms with Crippen LogP contribution < -0.4 is 0 Å². The Labute approximate surface area is 137 Å². The fourth-order valence-electron chi connectivity index (χ4n) is 4.19. The summed E-state index contributed by atoms with van der Waals surface area (Å²) in [6.07, 6.45) is 1.50. The number of non-ortho nitro benzene ring substituents is 2. The highest BCUT2D eigenvalue weighted by atomic mass is 16.6. The number of hydrogen-bond acceptors (Lipinski definition) is 5. The number of nitro benzene ring substituents is 2. The van der Waals surface area contributed by atoms with Gasteiger partial charge in [0.2, 0.25) is 0 Å². The number of methoxy groups -OCH3 is 1. The standard InChI is InChI=1S/C17H14N2O5/c1-24-17-7-6-12(13-4-2-11(19(22)23)9-16(13)17)14-8-10(18(20)21)3-5-15(14)17/h2-5,8-9,12H,6-7H2,1H3. The van der Waals surface area contributed by atoms with Gasteiger partial charge in [-0.25, -0.2) is 0 Å². The molecule has 3 aliphatic rings. The molecule has 122 valence electrons. The van der Waals surface area contributed by atoms with E-state index in [1.165, 1.54) is 12.1 Å². The highest BCUT2D eigenvalue weighted by Gasteiger charge is 2.49. The Morgan fingerprint density at radius 1 is 1.00 bits per heavy atom. The number of nitro groups is 2. The lowest BCUT2D eigenvalue weighted by Gasteiger charge is -2.48. The second-order valence-electron chi connectivity index (χ2n) is 6.18. The fraction of sp³-hybridized carbons (Fsp3) is 0.294. The maximum Gasteiger partial charge on any atom is 0.269 e. The van der Waals surface area contributed by atoms with E-state index in [1.807, 2.05) is 0 Å². The second kappa shape index (κ2) is 4.85. The van der Waals surface area contributed by atoms with Gasteiger partial charge < -0.3 is 4.74 Å². The van der Waals surface area contributed by atoms with E-state index in [1.54, 1.807) is 31.4 Å². The van der Waals surface area contributed by atoms with E-state index in [4.69, 9.17) is 4.74 Å². The summed E-state index contributed by atoms with van der Waals surface area (Å²) in [6.45, 7) is 0. The summed E-state index contributed by atoms with van der Waals surface area (Å²) < 4.78 is 5.86. The van der Waals surface area contributed by atoms with E-state index in [0.717, 1.165) is 28.7 Å². The summed E-state index contributed by atoms with van der Waals surface area (Å²) in [5.74, 6) is 0.00716. The molecule has 0 amide bonds. The lowest BCUT2D eigenvalue weighted by Crippen LogP contribution is -2.41. The molecule has 5 rings (SSSR count). The largest absolute Gasteiger partial charge is 0.369 e. The molecule has 2 bridgehead atoms. The van der Waals surface area contributed by atoms with Crippen molar-refractivity contribution in [2.45, 2.75) is 24.4 Å². The van der Waals surface area contributed by atoms with Gasteiger partial charge in [0.15, 0.2) is 0 Å². The molecule has 0 N–H and O–H groups in total. The molecule has 24 heavy (non-hydrogen) atoms. The first-order valence-corrected chi connectivity index (χ1v) is 7.61. The number of benzene rings is 2. The zero-order chi connectivity index (χ0) is 17.1. The number of ether oxygens (including phenoxy) is 1. The molecular formula is C17H14N2O5. The average molecular weight is 326 g/mol. The number of hydrogen-bond donors (Lipinski definition) is 0. The quantitative estimate of drug-likeness (QED) is 0.634. The molecular weight excluding hydrogens is 312 g/mol. The summed E-state index contributed by atoms with van der Waals surface area (Å²) >= 11 is 0. The Balaban J connectivity index is 1.99. The van der Waals surface area contributed by atoms with Gasteiger partial charge in [0.25, 0.3) is 11.4 Å². The van der Waals surface area contributed by atoms with Crippen LogP contribution >= 0.6 is 0 Å². The summed E-state index contributed by atoms with van der Waals surface area (Å²) in [5.41, 5.74) is 2.83. The number of rotatable bonds is 3. The third-order valence-corrected chi connectivity index (χ3v) is 5.25. The van der Waals surface area contributed by atoms with Crippen LogP contribution in [0.25, 0.3) is 0 Å². The van der Waals surface area contributed by atoms with Crippen molar-refractivity contribution in [3.05, 3.63) is 78.9 Å². The highest BCUT2D eigenvalue weighted by Crippen LogP contribution is 2.57. The van der Waals surface area contributed by atoms with Crippen molar-refractivity contribution in [1.29, 1.82) is 0 Å². The third kappa shape index (κ3) is 1.75. The van der Waals surface area contributed by atoms with Crippen molar-refractivity contribution >= 4 is 11.4 Å². The Bertz CT molecular complexity index is 895. The van der Waals surface area contributed by atoms with Crippen molar-refractivity contribution in [3.8, 4) is 0 Å². The zero-order valence-electron chi connectivity index (χ0n) is 12.9. The van der Waals surface area contributed by atoms with Crippen LogP contribution in [0.1, 0.15) is 41.0 Å². The molecule has 0 heterocycles. The van der Waals surface area contributed by atoms with E-state index in [0.29, 0.717) is 6.42 Å². The topological polar surface area (TPSA) is 95.5 Å². The van der Waals surface area contributed by atoms with Gasteiger partial charge in [-0.2, -0.15) is 0 Å². The van der Waals surface area contributed by atoms with Crippen molar-refractivity contribution in [3.63, 3.8) is 0 Å². The van der Waals surface area contributed by atoms with E-state index in [2.05, 4.69) is 0 Å². The van der Waals surface area contributed by atoms with Crippen LogP contribution in [0.3, 0.4) is 0 Å². The van der Waals surface area contributed by atoms with E-state index in [9.17, 15) is 20.2 Å². The first kappa shape index (κ1) is 14.8. The first-order chi connectivity index (χ1) is 11.5. The molecule has 0 saturated carbocycles. The molecule has 0 spiro atoms. The van der Waals surface area contributed by atoms with Crippen molar-refractivity contribution in [2.75, 3.05) is 7.11 Å². The minimum Gasteiger partial charge on any atom is -0.369 e. The Kier molecular flexibility index (Phi) is 2.98. The Morgan fingerprint density at radius 2 is 1.67 bits per heavy atom. The van der Waals surface area contributed by atoms with E-state index < -0.39 is 15.4 Å². The molecule has 0 aromatic heterocycles. The maximum absolute atomic E-state index is 11.1. The van der Waals surface area contributed by atoms with Crippen LogP contribution in [0.15, 0.2) is 36.4 Å². The average Bonchev–Trinajstić information content (AvgIpc) is 2.61. The minimum atomic E-state index is -0.777. The van der Waals surface area contributed by atoms with Gasteiger partial charge in [0.1, 0.15) is 5.60 Å². The van der Waals surface area contributed by atoms with Crippen LogP contribution in [-0.2, 0) is 10.3 Å². The smallest absolute Gasteiger partial charge is 0.269 e. The maximum atomic E-state index is 11.1. The van der Waals surface area contributed by atoms with Crippen LogP contribution in [0.4, 0.5) is 11.4 Å². The van der Waals surface area contributed by atoms with Crippen LogP contribution in [0, 0.1) is 20.2 Å². The molecule has 0 radical (unpaired) electrons. The SMILES string of the molecule is COC12CCC(c3cc([N+](=O)[O-])ccc31)c1ccc([N+](=O)[O-])cc12. The van der Waals surface area contributed by atoms with Gasteiger partial charge in [-0.1, -0.05) is 6.07 Å². The van der Waals surface area contributed by atoms with Gasteiger partial charge in [-0.15, -0.1) is 0 Å². The molecule has 0 fully saturated rings. The number of nitrogens with zero attached hydrogens (tertiary/aromatic N) is 2. The normalized spacial score (nSPS) is 23.5. The fourth-order valence-corrected chi connectivity index (χ4v) is 4.19. The highest BCUT2D eigenvalue weighted by molar-refractivity contribution is 5.61. The first-order valence-electron chi connectivity index (χ1n) is 7.61. The third-order valence-electron chi connectivity index (χ3n) is 5.25. The molecule has 7 heteroatoms. The Hall–Kier alpha value is -2.80. The predicted molar refractivity (Wildman–Crippen MR) is 85.1 cm³/mol. The monoisotopic (exact) mass is 326 g/mol. The zero-order valence-corrected chi connectivity index (χ0v) is 12.9. The van der Waals surface area contributed by atoms with Crippen LogP contribution in [-0.4, -0.2) is 17.0 Å². The molecule has 7 nitrogen and oxygen atoms in total. The molecule has 2 aromatic carbocycles. The molecule has 0 saturated heterocycles. The van der Waals surface area contributed by atoms with E-state index >= 15 is 0 Å². The van der Waals surface area contributed by atoms with Crippen LogP contribution in [0.5, 0.6) is 0 Å². The van der Waals surface area contributed by atoms with Gasteiger partial charge in [0.05, 0.1) is 9.85 Å². The predicted octanol–water partition coefficient (Wildman–Crippen LogP) is 3.63. The molecule has 3 aliphatic carbocycles. The van der Waals surface area contributed by atoms with Crippen LogP contribution in [0.2, 0.25) is 0 Å². The molecule has 2 atom stereocenters. The van der Waals surface area contributed by atoms with Gasteiger partial charge >= 0.3 is 0 Å². The van der Waals surface area contributed by atoms with Crippen molar-refractivity contribution in [2.24, 2.45) is 0 Å². The molecule has 2 aromatic rings. The minimum absolute atomic E-state index is 0.00716. The second-order valence-corrected chi connectivity index (χ2v) is 6.18. The Morgan fingerprint density at radius 3 is 2.33 bits per heavy atom.